The van der Waals surface area contributed by atoms with E-state index in [1.165, 1.54) is 11.1 Å². The summed E-state index contributed by atoms with van der Waals surface area (Å²) in [4.78, 5) is 15.5. The Hall–Kier alpha value is -5.03. The number of aryl methyl sites for hydroxylation is 2. The molecule has 0 bridgehead atoms. The second-order valence-electron chi connectivity index (χ2n) is 10.6. The summed E-state index contributed by atoms with van der Waals surface area (Å²) < 4.78 is 13.0. The van der Waals surface area contributed by atoms with E-state index < -0.39 is 5.60 Å². The third-order valence-corrected chi connectivity index (χ3v) is 8.13. The van der Waals surface area contributed by atoms with Crippen LogP contribution in [0.3, 0.4) is 0 Å². The lowest BCUT2D eigenvalue weighted by molar-refractivity contribution is 0.0224. The highest BCUT2D eigenvalue weighted by atomic mass is 16.6. The van der Waals surface area contributed by atoms with Crippen LogP contribution in [0, 0.1) is 6.92 Å². The zero-order valence-electron chi connectivity index (χ0n) is 23.3. The largest absolute Gasteiger partial charge is 0.456 e. The smallest absolute Gasteiger partial charge is 0.340 e. The van der Waals surface area contributed by atoms with Crippen molar-refractivity contribution in [3.05, 3.63) is 143 Å². The molecule has 0 aliphatic carbocycles. The number of benzene rings is 5. The standard InChI is InChI=1S/C36H30N2O3/c1-4-24-20-23(2)18-19-31(24)38(3)32-22-34-29(21-30(32)37-25-12-6-5-7-13-25)36(28-16-10-11-17-33(28)40-34)27-15-9-8-14-26(27)35(39)41-36/h5-22,37H,4H2,1-3H3. The number of ether oxygens (including phenoxy) is 2. The Labute approximate surface area is 240 Å². The molecule has 2 aliphatic heterocycles. The summed E-state index contributed by atoms with van der Waals surface area (Å²) in [5, 5.41) is 3.65. The second kappa shape index (κ2) is 9.56. The van der Waals surface area contributed by atoms with Crippen LogP contribution in [-0.4, -0.2) is 13.0 Å². The number of fused-ring (bicyclic) bond motifs is 6. The monoisotopic (exact) mass is 538 g/mol. The molecule has 5 heteroatoms. The van der Waals surface area contributed by atoms with Gasteiger partial charge >= 0.3 is 5.97 Å². The highest BCUT2D eigenvalue weighted by Crippen LogP contribution is 2.57. The summed E-state index contributed by atoms with van der Waals surface area (Å²) in [7, 11) is 2.08. The van der Waals surface area contributed by atoms with Crippen LogP contribution in [-0.2, 0) is 16.8 Å². The van der Waals surface area contributed by atoms with Crippen LogP contribution in [0.1, 0.15) is 45.1 Å². The highest BCUT2D eigenvalue weighted by Gasteiger charge is 2.53. The normalized spacial score (nSPS) is 16.3. The maximum atomic E-state index is 13.3. The highest BCUT2D eigenvalue weighted by molar-refractivity contribution is 5.97. The summed E-state index contributed by atoms with van der Waals surface area (Å²) in [6, 6.07) is 36.3. The molecule has 41 heavy (non-hydrogen) atoms. The van der Waals surface area contributed by atoms with Gasteiger partial charge in [-0.05, 0) is 55.3 Å². The quantitative estimate of drug-likeness (QED) is 0.227. The summed E-state index contributed by atoms with van der Waals surface area (Å²) in [5.41, 5.74) is 8.25. The minimum Gasteiger partial charge on any atom is -0.456 e. The van der Waals surface area contributed by atoms with Crippen molar-refractivity contribution in [1.82, 2.24) is 0 Å². The van der Waals surface area contributed by atoms with Crippen LogP contribution in [0.5, 0.6) is 11.5 Å². The van der Waals surface area contributed by atoms with E-state index >= 15 is 0 Å². The van der Waals surface area contributed by atoms with E-state index in [2.05, 4.69) is 61.4 Å². The molecule has 5 aromatic carbocycles. The SMILES string of the molecule is CCc1cc(C)ccc1N(C)c1cc2c(cc1Nc1ccccc1)C1(OC(=O)c3ccccc31)c1ccccc1O2. The Morgan fingerprint density at radius 1 is 0.756 bits per heavy atom. The topological polar surface area (TPSA) is 50.8 Å². The Bertz CT molecular complexity index is 1810. The number of anilines is 4. The fourth-order valence-electron chi connectivity index (χ4n) is 6.17. The van der Waals surface area contributed by atoms with Crippen LogP contribution in [0.15, 0.2) is 109 Å². The Kier molecular flexibility index (Phi) is 5.82. The van der Waals surface area contributed by atoms with Crippen LogP contribution in [0.25, 0.3) is 0 Å². The molecular formula is C36H30N2O3. The summed E-state index contributed by atoms with van der Waals surface area (Å²) in [5.74, 6) is 0.986. The molecule has 0 saturated heterocycles. The number of nitrogens with zero attached hydrogens (tertiary/aromatic N) is 1. The molecule has 202 valence electrons. The Balaban J connectivity index is 1.49. The Morgan fingerprint density at radius 3 is 2.29 bits per heavy atom. The van der Waals surface area contributed by atoms with E-state index in [0.29, 0.717) is 17.1 Å². The number of hydrogen-bond donors (Lipinski definition) is 1. The minimum atomic E-state index is -1.12. The van der Waals surface area contributed by atoms with E-state index in [1.54, 1.807) is 0 Å². The van der Waals surface area contributed by atoms with Gasteiger partial charge in [0.2, 0.25) is 0 Å². The first-order chi connectivity index (χ1) is 20.0. The fraction of sp³-hybridized carbons (Fsp3) is 0.139. The molecule has 0 fully saturated rings. The van der Waals surface area contributed by atoms with Crippen molar-refractivity contribution in [2.45, 2.75) is 25.9 Å². The maximum absolute atomic E-state index is 13.3. The van der Waals surface area contributed by atoms with Gasteiger partial charge in [-0.2, -0.15) is 0 Å². The molecule has 2 aliphatic rings. The van der Waals surface area contributed by atoms with Crippen molar-refractivity contribution in [2.75, 3.05) is 17.3 Å². The lowest BCUT2D eigenvalue weighted by Crippen LogP contribution is -2.33. The van der Waals surface area contributed by atoms with E-state index in [9.17, 15) is 4.79 Å². The third-order valence-electron chi connectivity index (χ3n) is 8.13. The molecular weight excluding hydrogens is 508 g/mol. The van der Waals surface area contributed by atoms with Gasteiger partial charge < -0.3 is 19.7 Å². The van der Waals surface area contributed by atoms with Crippen LogP contribution in [0.4, 0.5) is 22.7 Å². The molecule has 1 atom stereocenters. The van der Waals surface area contributed by atoms with Gasteiger partial charge in [-0.1, -0.05) is 79.2 Å². The number of para-hydroxylation sites is 2. The van der Waals surface area contributed by atoms with E-state index in [-0.39, 0.29) is 5.97 Å². The van der Waals surface area contributed by atoms with Crippen molar-refractivity contribution in [2.24, 2.45) is 0 Å². The van der Waals surface area contributed by atoms with E-state index in [1.807, 2.05) is 78.9 Å². The number of carbonyl (C=O) groups is 1. The molecule has 1 spiro atoms. The fourth-order valence-corrected chi connectivity index (χ4v) is 6.17. The third kappa shape index (κ3) is 3.88. The van der Waals surface area contributed by atoms with Crippen molar-refractivity contribution in [3.63, 3.8) is 0 Å². The number of carbonyl (C=O) groups excluding carboxylic acids is 1. The minimum absolute atomic E-state index is 0.339. The molecule has 0 radical (unpaired) electrons. The predicted molar refractivity (Wildman–Crippen MR) is 163 cm³/mol. The van der Waals surface area contributed by atoms with Gasteiger partial charge in [0, 0.05) is 41.2 Å². The lowest BCUT2D eigenvalue weighted by atomic mass is 9.77. The second-order valence-corrected chi connectivity index (χ2v) is 10.6. The van der Waals surface area contributed by atoms with Gasteiger partial charge in [-0.15, -0.1) is 0 Å². The van der Waals surface area contributed by atoms with Crippen molar-refractivity contribution in [3.8, 4) is 11.5 Å². The maximum Gasteiger partial charge on any atom is 0.340 e. The Morgan fingerprint density at radius 2 is 1.49 bits per heavy atom. The molecule has 0 saturated carbocycles. The molecule has 1 N–H and O–H groups in total. The summed E-state index contributed by atoms with van der Waals surface area (Å²) >= 11 is 0. The molecule has 0 amide bonds. The molecule has 0 aromatic heterocycles. The molecule has 7 rings (SSSR count). The molecule has 5 nitrogen and oxygen atoms in total. The average molecular weight is 539 g/mol. The zero-order chi connectivity index (χ0) is 28.1. The first kappa shape index (κ1) is 25.0. The van der Waals surface area contributed by atoms with Gasteiger partial charge in [0.25, 0.3) is 0 Å². The number of rotatable bonds is 5. The number of nitrogens with one attached hydrogen (secondary N) is 1. The zero-order valence-corrected chi connectivity index (χ0v) is 23.3. The lowest BCUT2D eigenvalue weighted by Gasteiger charge is -2.38. The van der Waals surface area contributed by atoms with Gasteiger partial charge in [-0.3, -0.25) is 0 Å². The molecule has 1 unspecified atom stereocenters. The average Bonchev–Trinajstić information content (AvgIpc) is 3.30. The van der Waals surface area contributed by atoms with Gasteiger partial charge in [0.1, 0.15) is 11.5 Å². The van der Waals surface area contributed by atoms with E-state index in [4.69, 9.17) is 9.47 Å². The van der Waals surface area contributed by atoms with Crippen molar-refractivity contribution in [1.29, 1.82) is 0 Å². The molecule has 2 heterocycles. The number of esters is 1. The van der Waals surface area contributed by atoms with Crippen molar-refractivity contribution >= 4 is 28.7 Å². The van der Waals surface area contributed by atoms with Crippen LogP contribution < -0.4 is 15.0 Å². The first-order valence-corrected chi connectivity index (χ1v) is 13.9. The van der Waals surface area contributed by atoms with Gasteiger partial charge in [-0.25, -0.2) is 4.79 Å². The molecule has 5 aromatic rings. The van der Waals surface area contributed by atoms with Gasteiger partial charge in [0.05, 0.1) is 16.9 Å². The summed E-state index contributed by atoms with van der Waals surface area (Å²) in [6.07, 6.45) is 0.910. The first-order valence-electron chi connectivity index (χ1n) is 13.9. The van der Waals surface area contributed by atoms with E-state index in [0.717, 1.165) is 45.9 Å². The predicted octanol–water partition coefficient (Wildman–Crippen LogP) is 8.64. The van der Waals surface area contributed by atoms with Gasteiger partial charge in [0.15, 0.2) is 5.60 Å². The summed E-state index contributed by atoms with van der Waals surface area (Å²) in [6.45, 7) is 4.30. The van der Waals surface area contributed by atoms with Crippen molar-refractivity contribution < 1.29 is 14.3 Å². The van der Waals surface area contributed by atoms with Crippen LogP contribution in [0.2, 0.25) is 0 Å². The number of hydrogen-bond acceptors (Lipinski definition) is 5. The van der Waals surface area contributed by atoms with Crippen LogP contribution >= 0.6 is 0 Å².